The molecule has 0 saturated carbocycles. The highest BCUT2D eigenvalue weighted by atomic mass is 32.1. The fourth-order valence-corrected chi connectivity index (χ4v) is 2.52. The predicted molar refractivity (Wildman–Crippen MR) is 79.0 cm³/mol. The van der Waals surface area contributed by atoms with E-state index in [1.807, 2.05) is 25.1 Å². The van der Waals surface area contributed by atoms with E-state index in [0.29, 0.717) is 6.61 Å². The number of ether oxygens (including phenoxy) is 2. The third-order valence-electron chi connectivity index (χ3n) is 2.78. The Morgan fingerprint density at radius 3 is 2.79 bits per heavy atom. The Balaban J connectivity index is 2.13. The summed E-state index contributed by atoms with van der Waals surface area (Å²) in [7, 11) is 1.66. The van der Waals surface area contributed by atoms with Crippen LogP contribution in [-0.4, -0.2) is 13.2 Å². The number of hydrogen-bond donors (Lipinski definition) is 1. The van der Waals surface area contributed by atoms with Crippen LogP contribution < -0.4 is 15.2 Å². The van der Waals surface area contributed by atoms with Gasteiger partial charge in [0.1, 0.15) is 18.1 Å². The first-order valence-corrected chi connectivity index (χ1v) is 7.19. The van der Waals surface area contributed by atoms with Crippen molar-refractivity contribution in [2.45, 2.75) is 26.0 Å². The first-order chi connectivity index (χ1) is 9.19. The summed E-state index contributed by atoms with van der Waals surface area (Å²) in [5.74, 6) is 1.71. The molecule has 0 aliphatic carbocycles. The molecule has 2 N–H and O–H groups in total. The van der Waals surface area contributed by atoms with Crippen molar-refractivity contribution in [1.29, 1.82) is 0 Å². The molecule has 1 aromatic carbocycles. The molecule has 1 unspecified atom stereocenters. The lowest BCUT2D eigenvalue weighted by Gasteiger charge is -2.14. The standard InChI is InChI=1S/C15H19NO2S/c1-11(16)7-13-8-14(17-2)3-4-15(13)18-9-12-5-6-19-10-12/h3-6,8,10-11H,7,9,16H2,1-2H3. The van der Waals surface area contributed by atoms with Gasteiger partial charge in [-0.05, 0) is 59.5 Å². The van der Waals surface area contributed by atoms with Crippen LogP contribution in [0.25, 0.3) is 0 Å². The summed E-state index contributed by atoms with van der Waals surface area (Å²) in [6.07, 6.45) is 0.774. The quantitative estimate of drug-likeness (QED) is 0.881. The van der Waals surface area contributed by atoms with E-state index in [0.717, 1.165) is 23.5 Å². The van der Waals surface area contributed by atoms with Crippen molar-refractivity contribution in [2.75, 3.05) is 7.11 Å². The van der Waals surface area contributed by atoms with Crippen LogP contribution in [-0.2, 0) is 13.0 Å². The molecule has 0 spiro atoms. The van der Waals surface area contributed by atoms with Gasteiger partial charge in [0.05, 0.1) is 7.11 Å². The molecule has 19 heavy (non-hydrogen) atoms. The van der Waals surface area contributed by atoms with E-state index in [1.54, 1.807) is 18.4 Å². The second-order valence-corrected chi connectivity index (χ2v) is 5.36. The Morgan fingerprint density at radius 2 is 2.16 bits per heavy atom. The lowest BCUT2D eigenvalue weighted by Crippen LogP contribution is -2.18. The Morgan fingerprint density at radius 1 is 1.32 bits per heavy atom. The van der Waals surface area contributed by atoms with E-state index in [1.165, 1.54) is 5.56 Å². The van der Waals surface area contributed by atoms with E-state index in [2.05, 4.69) is 16.8 Å². The van der Waals surface area contributed by atoms with Crippen molar-refractivity contribution in [3.05, 3.63) is 46.2 Å². The lowest BCUT2D eigenvalue weighted by molar-refractivity contribution is 0.302. The summed E-state index contributed by atoms with van der Waals surface area (Å²) >= 11 is 1.68. The molecule has 4 heteroatoms. The largest absolute Gasteiger partial charge is 0.497 e. The zero-order valence-corrected chi connectivity index (χ0v) is 12.1. The van der Waals surface area contributed by atoms with Gasteiger partial charge in [-0.3, -0.25) is 0 Å². The van der Waals surface area contributed by atoms with E-state index < -0.39 is 0 Å². The van der Waals surface area contributed by atoms with Crippen LogP contribution in [0.5, 0.6) is 11.5 Å². The highest BCUT2D eigenvalue weighted by Gasteiger charge is 2.08. The molecule has 2 rings (SSSR count). The zero-order chi connectivity index (χ0) is 13.7. The third-order valence-corrected chi connectivity index (χ3v) is 3.52. The van der Waals surface area contributed by atoms with Crippen LogP contribution in [0.3, 0.4) is 0 Å². The molecular formula is C15H19NO2S. The zero-order valence-electron chi connectivity index (χ0n) is 11.3. The van der Waals surface area contributed by atoms with E-state index >= 15 is 0 Å². The summed E-state index contributed by atoms with van der Waals surface area (Å²) in [5.41, 5.74) is 8.16. The van der Waals surface area contributed by atoms with Gasteiger partial charge in [0.25, 0.3) is 0 Å². The Bertz CT molecular complexity index is 509. The number of hydrogen-bond acceptors (Lipinski definition) is 4. The molecule has 0 saturated heterocycles. The molecule has 0 radical (unpaired) electrons. The van der Waals surface area contributed by atoms with Crippen LogP contribution in [0.2, 0.25) is 0 Å². The summed E-state index contributed by atoms with van der Waals surface area (Å²) < 4.78 is 11.1. The number of methoxy groups -OCH3 is 1. The monoisotopic (exact) mass is 277 g/mol. The molecule has 102 valence electrons. The molecule has 1 aromatic heterocycles. The Labute approximate surface area is 118 Å². The van der Waals surface area contributed by atoms with Crippen molar-refractivity contribution >= 4 is 11.3 Å². The minimum Gasteiger partial charge on any atom is -0.497 e. The van der Waals surface area contributed by atoms with Gasteiger partial charge >= 0.3 is 0 Å². The van der Waals surface area contributed by atoms with E-state index in [9.17, 15) is 0 Å². The van der Waals surface area contributed by atoms with Crippen molar-refractivity contribution in [2.24, 2.45) is 5.73 Å². The molecule has 1 heterocycles. The fraction of sp³-hybridized carbons (Fsp3) is 0.333. The van der Waals surface area contributed by atoms with Gasteiger partial charge in [-0.2, -0.15) is 11.3 Å². The summed E-state index contributed by atoms with van der Waals surface area (Å²) in [5, 5.41) is 4.14. The van der Waals surface area contributed by atoms with Crippen molar-refractivity contribution in [3.63, 3.8) is 0 Å². The summed E-state index contributed by atoms with van der Waals surface area (Å²) in [4.78, 5) is 0. The van der Waals surface area contributed by atoms with Gasteiger partial charge < -0.3 is 15.2 Å². The maximum absolute atomic E-state index is 5.88. The van der Waals surface area contributed by atoms with E-state index in [4.69, 9.17) is 15.2 Å². The lowest BCUT2D eigenvalue weighted by atomic mass is 10.1. The number of nitrogens with two attached hydrogens (primary N) is 1. The SMILES string of the molecule is COc1ccc(OCc2ccsc2)c(CC(C)N)c1. The first-order valence-electron chi connectivity index (χ1n) is 6.25. The molecule has 2 aromatic rings. The number of thiophene rings is 1. The average molecular weight is 277 g/mol. The van der Waals surface area contributed by atoms with Gasteiger partial charge in [-0.15, -0.1) is 0 Å². The molecule has 0 bridgehead atoms. The molecule has 0 aliphatic rings. The molecule has 1 atom stereocenters. The van der Waals surface area contributed by atoms with E-state index in [-0.39, 0.29) is 6.04 Å². The van der Waals surface area contributed by atoms with Gasteiger partial charge in [0.2, 0.25) is 0 Å². The fourth-order valence-electron chi connectivity index (χ4n) is 1.87. The Kier molecular flexibility index (Phi) is 4.82. The van der Waals surface area contributed by atoms with Crippen LogP contribution >= 0.6 is 11.3 Å². The van der Waals surface area contributed by atoms with Gasteiger partial charge in [0, 0.05) is 6.04 Å². The van der Waals surface area contributed by atoms with Crippen LogP contribution in [0.15, 0.2) is 35.0 Å². The second kappa shape index (κ2) is 6.59. The van der Waals surface area contributed by atoms with Crippen molar-refractivity contribution < 1.29 is 9.47 Å². The van der Waals surface area contributed by atoms with Crippen LogP contribution in [0, 0.1) is 0 Å². The van der Waals surface area contributed by atoms with Crippen molar-refractivity contribution in [1.82, 2.24) is 0 Å². The van der Waals surface area contributed by atoms with Crippen LogP contribution in [0.1, 0.15) is 18.1 Å². The highest BCUT2D eigenvalue weighted by Crippen LogP contribution is 2.26. The Hall–Kier alpha value is -1.52. The first kappa shape index (κ1) is 13.9. The van der Waals surface area contributed by atoms with Gasteiger partial charge in [-0.1, -0.05) is 0 Å². The second-order valence-electron chi connectivity index (χ2n) is 4.58. The van der Waals surface area contributed by atoms with Crippen molar-refractivity contribution in [3.8, 4) is 11.5 Å². The maximum atomic E-state index is 5.88. The van der Waals surface area contributed by atoms with Gasteiger partial charge in [0.15, 0.2) is 0 Å². The number of benzene rings is 1. The predicted octanol–water partition coefficient (Wildman–Crippen LogP) is 3.23. The van der Waals surface area contributed by atoms with Crippen LogP contribution in [0.4, 0.5) is 0 Å². The topological polar surface area (TPSA) is 44.5 Å². The molecule has 3 nitrogen and oxygen atoms in total. The normalized spacial score (nSPS) is 12.2. The van der Waals surface area contributed by atoms with Gasteiger partial charge in [-0.25, -0.2) is 0 Å². The molecule has 0 amide bonds. The molecular weight excluding hydrogens is 258 g/mol. The smallest absolute Gasteiger partial charge is 0.123 e. The summed E-state index contributed by atoms with van der Waals surface area (Å²) in [6.45, 7) is 2.57. The minimum atomic E-state index is 0.0932. The highest BCUT2D eigenvalue weighted by molar-refractivity contribution is 7.07. The average Bonchev–Trinajstić information content (AvgIpc) is 2.89. The summed E-state index contributed by atoms with van der Waals surface area (Å²) in [6, 6.07) is 8.01. The number of rotatable bonds is 6. The third kappa shape index (κ3) is 3.98. The minimum absolute atomic E-state index is 0.0932. The molecule has 0 fully saturated rings. The molecule has 0 aliphatic heterocycles. The maximum Gasteiger partial charge on any atom is 0.123 e.